The van der Waals surface area contributed by atoms with Crippen molar-refractivity contribution in [2.45, 2.75) is 13.5 Å². The van der Waals surface area contributed by atoms with Crippen LogP contribution < -0.4 is 11.3 Å². The van der Waals surface area contributed by atoms with E-state index in [-0.39, 0.29) is 5.56 Å². The van der Waals surface area contributed by atoms with E-state index in [0.717, 1.165) is 0 Å². The largest absolute Gasteiger partial charge is 0.384 e. The SMILES string of the molecule is Cc1cccn(Cc2nc(N)ccc2Cl)c1=O. The highest BCUT2D eigenvalue weighted by Crippen LogP contribution is 2.15. The Morgan fingerprint density at radius 3 is 2.94 bits per heavy atom. The van der Waals surface area contributed by atoms with E-state index in [4.69, 9.17) is 17.3 Å². The van der Waals surface area contributed by atoms with Crippen molar-refractivity contribution in [2.75, 3.05) is 5.73 Å². The highest BCUT2D eigenvalue weighted by molar-refractivity contribution is 6.31. The molecule has 0 aromatic carbocycles. The molecular formula is C12H12ClN3O. The molecule has 2 aromatic heterocycles. The number of nitrogen functional groups attached to an aromatic ring is 1. The van der Waals surface area contributed by atoms with Crippen LogP contribution in [0.3, 0.4) is 0 Å². The van der Waals surface area contributed by atoms with Crippen molar-refractivity contribution in [3.8, 4) is 0 Å². The smallest absolute Gasteiger partial charge is 0.253 e. The molecule has 0 atom stereocenters. The molecule has 0 aliphatic rings. The molecule has 4 nitrogen and oxygen atoms in total. The molecule has 2 heterocycles. The Morgan fingerprint density at radius 1 is 1.41 bits per heavy atom. The van der Waals surface area contributed by atoms with Crippen molar-refractivity contribution in [2.24, 2.45) is 0 Å². The van der Waals surface area contributed by atoms with Crippen LogP contribution in [0, 0.1) is 6.92 Å². The van der Waals surface area contributed by atoms with Crippen LogP contribution in [0.15, 0.2) is 35.3 Å². The molecule has 0 bridgehead atoms. The van der Waals surface area contributed by atoms with Gasteiger partial charge in [0, 0.05) is 11.8 Å². The summed E-state index contributed by atoms with van der Waals surface area (Å²) in [6.45, 7) is 2.09. The number of halogens is 1. The number of anilines is 1. The molecule has 88 valence electrons. The van der Waals surface area contributed by atoms with Crippen LogP contribution in [0.1, 0.15) is 11.3 Å². The van der Waals surface area contributed by atoms with Crippen LogP contribution >= 0.6 is 11.6 Å². The summed E-state index contributed by atoms with van der Waals surface area (Å²) >= 11 is 6.00. The number of hydrogen-bond acceptors (Lipinski definition) is 3. The van der Waals surface area contributed by atoms with Crippen LogP contribution in [0.4, 0.5) is 5.82 Å². The predicted octanol–water partition coefficient (Wildman–Crippen LogP) is 1.84. The maximum atomic E-state index is 11.8. The first kappa shape index (κ1) is 11.7. The molecule has 2 N–H and O–H groups in total. The Labute approximate surface area is 104 Å². The Kier molecular flexibility index (Phi) is 3.15. The molecular weight excluding hydrogens is 238 g/mol. The molecule has 2 rings (SSSR count). The second-order valence-corrected chi connectivity index (χ2v) is 4.20. The van der Waals surface area contributed by atoms with Crippen LogP contribution in [0.2, 0.25) is 5.02 Å². The summed E-state index contributed by atoms with van der Waals surface area (Å²) < 4.78 is 1.56. The van der Waals surface area contributed by atoms with E-state index in [1.54, 1.807) is 35.9 Å². The molecule has 17 heavy (non-hydrogen) atoms. The third-order valence-corrected chi connectivity index (χ3v) is 2.81. The van der Waals surface area contributed by atoms with E-state index in [0.29, 0.717) is 28.6 Å². The molecule has 0 amide bonds. The summed E-state index contributed by atoms with van der Waals surface area (Å²) in [6, 6.07) is 6.90. The van der Waals surface area contributed by atoms with Gasteiger partial charge in [0.1, 0.15) is 5.82 Å². The topological polar surface area (TPSA) is 60.9 Å². The van der Waals surface area contributed by atoms with Crippen LogP contribution in [0.25, 0.3) is 0 Å². The maximum Gasteiger partial charge on any atom is 0.253 e. The number of hydrogen-bond donors (Lipinski definition) is 1. The standard InChI is InChI=1S/C12H12ClN3O/c1-8-3-2-6-16(12(8)17)7-10-9(13)4-5-11(14)15-10/h2-6H,7H2,1H3,(H2,14,15). The summed E-state index contributed by atoms with van der Waals surface area (Å²) in [5, 5.41) is 0.507. The van der Waals surface area contributed by atoms with Gasteiger partial charge < -0.3 is 10.3 Å². The first-order valence-corrected chi connectivity index (χ1v) is 5.52. The Balaban J connectivity index is 2.41. The van der Waals surface area contributed by atoms with E-state index in [2.05, 4.69) is 4.98 Å². The first-order valence-electron chi connectivity index (χ1n) is 5.15. The van der Waals surface area contributed by atoms with Gasteiger partial charge in [-0.2, -0.15) is 0 Å². The van der Waals surface area contributed by atoms with Crippen molar-refractivity contribution in [1.82, 2.24) is 9.55 Å². The Morgan fingerprint density at radius 2 is 2.18 bits per heavy atom. The number of pyridine rings is 2. The summed E-state index contributed by atoms with van der Waals surface area (Å²) in [7, 11) is 0. The van der Waals surface area contributed by atoms with E-state index in [9.17, 15) is 4.79 Å². The zero-order valence-electron chi connectivity index (χ0n) is 9.35. The van der Waals surface area contributed by atoms with Gasteiger partial charge in [0.05, 0.1) is 17.3 Å². The van der Waals surface area contributed by atoms with Gasteiger partial charge in [0.25, 0.3) is 5.56 Å². The average molecular weight is 250 g/mol. The lowest BCUT2D eigenvalue weighted by molar-refractivity contribution is 0.735. The highest BCUT2D eigenvalue weighted by Gasteiger charge is 2.05. The highest BCUT2D eigenvalue weighted by atomic mass is 35.5. The molecule has 0 saturated carbocycles. The van der Waals surface area contributed by atoms with Crippen molar-refractivity contribution in [1.29, 1.82) is 0 Å². The first-order chi connectivity index (χ1) is 8.08. The zero-order chi connectivity index (χ0) is 12.4. The fourth-order valence-corrected chi connectivity index (χ4v) is 1.72. The minimum Gasteiger partial charge on any atom is -0.384 e. The Hall–Kier alpha value is -1.81. The van der Waals surface area contributed by atoms with Crippen molar-refractivity contribution in [3.63, 3.8) is 0 Å². The second-order valence-electron chi connectivity index (χ2n) is 3.79. The molecule has 2 aromatic rings. The van der Waals surface area contributed by atoms with Crippen LogP contribution in [0.5, 0.6) is 0 Å². The van der Waals surface area contributed by atoms with Gasteiger partial charge in [-0.15, -0.1) is 0 Å². The van der Waals surface area contributed by atoms with Crippen LogP contribution in [-0.2, 0) is 6.54 Å². The number of aromatic nitrogens is 2. The quantitative estimate of drug-likeness (QED) is 0.883. The second kappa shape index (κ2) is 4.59. The Bertz CT molecular complexity index is 607. The van der Waals surface area contributed by atoms with Crippen molar-refractivity contribution < 1.29 is 0 Å². The molecule has 0 saturated heterocycles. The lowest BCUT2D eigenvalue weighted by Gasteiger charge is -2.08. The van der Waals surface area contributed by atoms with Gasteiger partial charge in [-0.1, -0.05) is 17.7 Å². The third-order valence-electron chi connectivity index (χ3n) is 2.47. The van der Waals surface area contributed by atoms with Gasteiger partial charge in [-0.25, -0.2) is 4.98 Å². The maximum absolute atomic E-state index is 11.8. The van der Waals surface area contributed by atoms with E-state index in [1.165, 1.54) is 0 Å². The van der Waals surface area contributed by atoms with E-state index >= 15 is 0 Å². The lowest BCUT2D eigenvalue weighted by atomic mass is 10.3. The van der Waals surface area contributed by atoms with Gasteiger partial charge in [-0.05, 0) is 25.1 Å². The molecule has 0 fully saturated rings. The molecule has 5 heteroatoms. The average Bonchev–Trinajstić information content (AvgIpc) is 2.30. The predicted molar refractivity (Wildman–Crippen MR) is 68.2 cm³/mol. The fourth-order valence-electron chi connectivity index (χ4n) is 1.55. The molecule has 0 aliphatic carbocycles. The monoisotopic (exact) mass is 249 g/mol. The molecule has 0 aliphatic heterocycles. The van der Waals surface area contributed by atoms with Crippen LogP contribution in [-0.4, -0.2) is 9.55 Å². The fraction of sp³-hybridized carbons (Fsp3) is 0.167. The normalized spacial score (nSPS) is 10.5. The van der Waals surface area contributed by atoms with Gasteiger partial charge in [0.2, 0.25) is 0 Å². The number of aryl methyl sites for hydroxylation is 1. The molecule has 0 spiro atoms. The number of nitrogens with two attached hydrogens (primary N) is 1. The van der Waals surface area contributed by atoms with Crippen molar-refractivity contribution >= 4 is 17.4 Å². The minimum atomic E-state index is -0.0483. The van der Waals surface area contributed by atoms with Gasteiger partial charge in [-0.3, -0.25) is 4.79 Å². The summed E-state index contributed by atoms with van der Waals surface area (Å²) in [6.07, 6.45) is 1.70. The third kappa shape index (κ3) is 2.47. The summed E-state index contributed by atoms with van der Waals surface area (Å²) in [5.41, 5.74) is 6.83. The van der Waals surface area contributed by atoms with Gasteiger partial charge in [0.15, 0.2) is 0 Å². The minimum absolute atomic E-state index is 0.0483. The summed E-state index contributed by atoms with van der Waals surface area (Å²) in [5.74, 6) is 0.394. The lowest BCUT2D eigenvalue weighted by Crippen LogP contribution is -2.22. The van der Waals surface area contributed by atoms with Crippen molar-refractivity contribution in [3.05, 3.63) is 57.1 Å². The van der Waals surface area contributed by atoms with Gasteiger partial charge >= 0.3 is 0 Å². The van der Waals surface area contributed by atoms with E-state index < -0.39 is 0 Å². The van der Waals surface area contributed by atoms with E-state index in [1.807, 2.05) is 6.07 Å². The number of rotatable bonds is 2. The molecule has 0 radical (unpaired) electrons. The summed E-state index contributed by atoms with van der Waals surface area (Å²) in [4.78, 5) is 16.0. The molecule has 0 unspecified atom stereocenters. The number of nitrogens with zero attached hydrogens (tertiary/aromatic N) is 2. The zero-order valence-corrected chi connectivity index (χ0v) is 10.1.